The second-order valence-electron chi connectivity index (χ2n) is 2.58. The Hall–Kier alpha value is -0.570. The summed E-state index contributed by atoms with van der Waals surface area (Å²) < 4.78 is 0. The molecule has 0 aromatic heterocycles. The first-order valence-electron chi connectivity index (χ1n) is 3.51. The molecule has 0 aromatic rings. The van der Waals surface area contributed by atoms with Crippen LogP contribution in [0.25, 0.3) is 0 Å². The lowest BCUT2D eigenvalue weighted by molar-refractivity contribution is 0.145. The molecule has 3 nitrogen and oxygen atoms in total. The fraction of sp³-hybridized carbons (Fsp3) is 0.833. The van der Waals surface area contributed by atoms with E-state index in [-0.39, 0.29) is 0 Å². The summed E-state index contributed by atoms with van der Waals surface area (Å²) in [7, 11) is 0. The molecule has 0 bridgehead atoms. The van der Waals surface area contributed by atoms with Crippen molar-refractivity contribution in [2.45, 2.75) is 25.4 Å². The molecule has 0 saturated carbocycles. The predicted octanol–water partition coefficient (Wildman–Crippen LogP) is 0.345. The van der Waals surface area contributed by atoms with Gasteiger partial charge in [-0.1, -0.05) is 0 Å². The maximum Gasteiger partial charge on any atom is 0.121 e. The zero-order valence-electron chi connectivity index (χ0n) is 5.38. The van der Waals surface area contributed by atoms with Crippen molar-refractivity contribution in [2.75, 3.05) is 6.54 Å². The van der Waals surface area contributed by atoms with Gasteiger partial charge in [0.2, 0.25) is 0 Å². The second kappa shape index (κ2) is 1.99. The summed E-state index contributed by atoms with van der Waals surface area (Å²) in [6, 6.07) is 0. The molecule has 1 N–H and O–H groups in total. The first kappa shape index (κ1) is 5.23. The van der Waals surface area contributed by atoms with Crippen LogP contribution in [0, 0.1) is 0 Å². The highest BCUT2D eigenvalue weighted by molar-refractivity contribution is 5.55. The summed E-state index contributed by atoms with van der Waals surface area (Å²) in [4.78, 5) is 4.25. The van der Waals surface area contributed by atoms with Crippen molar-refractivity contribution < 1.29 is 0 Å². The van der Waals surface area contributed by atoms with Gasteiger partial charge in [-0.3, -0.25) is 4.99 Å². The van der Waals surface area contributed by atoms with Gasteiger partial charge in [0.05, 0.1) is 6.34 Å². The molecule has 2 aliphatic rings. The monoisotopic (exact) mass is 125 g/mol. The summed E-state index contributed by atoms with van der Waals surface area (Å²) >= 11 is 0. The highest BCUT2D eigenvalue weighted by atomic mass is 15.6. The largest absolute Gasteiger partial charge is 0.307 e. The van der Waals surface area contributed by atoms with E-state index < -0.39 is 0 Å². The van der Waals surface area contributed by atoms with Gasteiger partial charge in [-0.05, 0) is 19.3 Å². The minimum absolute atomic E-state index is 0.457. The van der Waals surface area contributed by atoms with Crippen LogP contribution in [-0.2, 0) is 0 Å². The Labute approximate surface area is 54.7 Å². The molecule has 50 valence electrons. The summed E-state index contributed by atoms with van der Waals surface area (Å²) in [5.74, 6) is 0. The molecule has 2 heterocycles. The first-order valence-corrected chi connectivity index (χ1v) is 3.51. The maximum atomic E-state index is 4.25. The van der Waals surface area contributed by atoms with Crippen molar-refractivity contribution in [1.82, 2.24) is 10.4 Å². The van der Waals surface area contributed by atoms with Gasteiger partial charge in [0, 0.05) is 6.54 Å². The maximum absolute atomic E-state index is 4.25. The molecule has 9 heavy (non-hydrogen) atoms. The fourth-order valence-electron chi connectivity index (χ4n) is 1.41. The van der Waals surface area contributed by atoms with Crippen LogP contribution in [0.5, 0.6) is 0 Å². The molecule has 1 atom stereocenters. The topological polar surface area (TPSA) is 27.6 Å². The van der Waals surface area contributed by atoms with Gasteiger partial charge in [-0.25, -0.2) is 0 Å². The van der Waals surface area contributed by atoms with E-state index in [0.29, 0.717) is 6.17 Å². The van der Waals surface area contributed by atoms with Gasteiger partial charge < -0.3 is 5.43 Å². The number of hydrogen-bond donors (Lipinski definition) is 1. The minimum atomic E-state index is 0.457. The molecule has 2 aliphatic heterocycles. The molecule has 3 heteroatoms. The van der Waals surface area contributed by atoms with Crippen molar-refractivity contribution in [3.63, 3.8) is 0 Å². The minimum Gasteiger partial charge on any atom is -0.307 e. The molecule has 0 aromatic carbocycles. The van der Waals surface area contributed by atoms with Gasteiger partial charge in [-0.2, -0.15) is 5.01 Å². The smallest absolute Gasteiger partial charge is 0.121 e. The Balaban J connectivity index is 2.03. The van der Waals surface area contributed by atoms with Gasteiger partial charge in [-0.15, -0.1) is 0 Å². The van der Waals surface area contributed by atoms with E-state index in [1.807, 2.05) is 0 Å². The summed E-state index contributed by atoms with van der Waals surface area (Å²) in [5.41, 5.74) is 3.10. The van der Waals surface area contributed by atoms with Crippen molar-refractivity contribution in [2.24, 2.45) is 4.99 Å². The molecule has 0 radical (unpaired) electrons. The molecule has 0 aliphatic carbocycles. The number of aliphatic imine (C=N–C) groups is 1. The quantitative estimate of drug-likeness (QED) is 0.505. The highest BCUT2D eigenvalue weighted by Crippen LogP contribution is 2.17. The van der Waals surface area contributed by atoms with Crippen LogP contribution in [0.2, 0.25) is 0 Å². The fourth-order valence-corrected chi connectivity index (χ4v) is 1.41. The normalized spacial score (nSPS) is 34.0. The molecular weight excluding hydrogens is 114 g/mol. The summed E-state index contributed by atoms with van der Waals surface area (Å²) in [6.07, 6.45) is 6.13. The number of rotatable bonds is 0. The van der Waals surface area contributed by atoms with E-state index in [4.69, 9.17) is 0 Å². The average molecular weight is 125 g/mol. The third-order valence-corrected chi connectivity index (χ3v) is 1.94. The molecule has 2 rings (SSSR count). The number of hydrazine groups is 1. The van der Waals surface area contributed by atoms with Crippen LogP contribution in [-0.4, -0.2) is 24.1 Å². The molecule has 0 amide bonds. The summed E-state index contributed by atoms with van der Waals surface area (Å²) in [6.45, 7) is 1.16. The van der Waals surface area contributed by atoms with E-state index in [1.54, 1.807) is 6.34 Å². The lowest BCUT2D eigenvalue weighted by Crippen LogP contribution is -2.41. The Bertz CT molecular complexity index is 132. The van der Waals surface area contributed by atoms with Crippen molar-refractivity contribution >= 4 is 6.34 Å². The second-order valence-corrected chi connectivity index (χ2v) is 2.58. The highest BCUT2D eigenvalue weighted by Gasteiger charge is 2.23. The van der Waals surface area contributed by atoms with Gasteiger partial charge in [0.15, 0.2) is 0 Å². The van der Waals surface area contributed by atoms with Crippen LogP contribution in [0.4, 0.5) is 0 Å². The van der Waals surface area contributed by atoms with Crippen molar-refractivity contribution in [3.05, 3.63) is 0 Å². The van der Waals surface area contributed by atoms with Crippen molar-refractivity contribution in [1.29, 1.82) is 0 Å². The standard InChI is InChI=1S/C6H11N3/c1-2-4-9-6(3-1)7-5-8-9/h5-6H,1-4H2,(H,7,8). The molecule has 1 fully saturated rings. The Morgan fingerprint density at radius 3 is 3.44 bits per heavy atom. The SMILES string of the molecule is C1=NC2CCCCN2N1. The molecule has 1 saturated heterocycles. The third kappa shape index (κ3) is 0.812. The number of nitrogens with zero attached hydrogens (tertiary/aromatic N) is 2. The van der Waals surface area contributed by atoms with Crippen LogP contribution < -0.4 is 5.43 Å². The molecular formula is C6H11N3. The number of hydrogen-bond acceptors (Lipinski definition) is 3. The Kier molecular flexibility index (Phi) is 1.16. The first-order chi connectivity index (χ1) is 4.47. The van der Waals surface area contributed by atoms with Crippen LogP contribution in [0.1, 0.15) is 19.3 Å². The number of nitrogens with one attached hydrogen (secondary N) is 1. The van der Waals surface area contributed by atoms with E-state index in [1.165, 1.54) is 19.3 Å². The molecule has 0 spiro atoms. The van der Waals surface area contributed by atoms with Gasteiger partial charge >= 0.3 is 0 Å². The predicted molar refractivity (Wildman–Crippen MR) is 36.0 cm³/mol. The van der Waals surface area contributed by atoms with Crippen LogP contribution in [0.15, 0.2) is 4.99 Å². The average Bonchev–Trinajstić information content (AvgIpc) is 2.33. The summed E-state index contributed by atoms with van der Waals surface area (Å²) in [5, 5.41) is 2.20. The zero-order chi connectivity index (χ0) is 6.10. The molecule has 1 unspecified atom stereocenters. The third-order valence-electron chi connectivity index (χ3n) is 1.94. The lowest BCUT2D eigenvalue weighted by atomic mass is 10.1. The van der Waals surface area contributed by atoms with Gasteiger partial charge in [0.1, 0.15) is 6.17 Å². The number of fused-ring (bicyclic) bond motifs is 1. The lowest BCUT2D eigenvalue weighted by Gasteiger charge is -2.26. The zero-order valence-corrected chi connectivity index (χ0v) is 5.38. The van der Waals surface area contributed by atoms with Crippen LogP contribution in [0.3, 0.4) is 0 Å². The Morgan fingerprint density at radius 1 is 1.56 bits per heavy atom. The van der Waals surface area contributed by atoms with Gasteiger partial charge in [0.25, 0.3) is 0 Å². The van der Waals surface area contributed by atoms with E-state index >= 15 is 0 Å². The van der Waals surface area contributed by atoms with E-state index in [9.17, 15) is 0 Å². The van der Waals surface area contributed by atoms with E-state index in [2.05, 4.69) is 15.4 Å². The Morgan fingerprint density at radius 2 is 2.56 bits per heavy atom. The van der Waals surface area contributed by atoms with E-state index in [0.717, 1.165) is 6.54 Å². The van der Waals surface area contributed by atoms with Crippen molar-refractivity contribution in [3.8, 4) is 0 Å². The van der Waals surface area contributed by atoms with Crippen LogP contribution >= 0.6 is 0 Å². The number of piperidine rings is 1.